The Labute approximate surface area is 92.3 Å². The van der Waals surface area contributed by atoms with E-state index in [0.717, 1.165) is 0 Å². The average molecular weight is 244 g/mol. The molecule has 0 spiro atoms. The number of aryl methyl sites for hydroxylation is 1. The Balaban J connectivity index is 2.64. The maximum absolute atomic E-state index is 13.3. The molecule has 0 atom stereocenters. The van der Waals surface area contributed by atoms with Crippen LogP contribution in [0.5, 0.6) is 0 Å². The van der Waals surface area contributed by atoms with Crippen molar-refractivity contribution in [2.75, 3.05) is 0 Å². The fraction of sp³-hybridized carbons (Fsp3) is 0.111. The zero-order valence-corrected chi connectivity index (χ0v) is 8.38. The molecule has 0 N–H and O–H groups in total. The van der Waals surface area contributed by atoms with E-state index in [9.17, 15) is 17.6 Å². The summed E-state index contributed by atoms with van der Waals surface area (Å²) in [6.07, 6.45) is 0. The van der Waals surface area contributed by atoms with Crippen molar-refractivity contribution in [3.05, 3.63) is 35.2 Å². The molecule has 8 heteroatoms. The van der Waals surface area contributed by atoms with Crippen molar-refractivity contribution in [1.29, 1.82) is 0 Å². The molecule has 88 valence electrons. The van der Waals surface area contributed by atoms with E-state index in [1.54, 1.807) is 0 Å². The molecule has 2 aromatic rings. The summed E-state index contributed by atoms with van der Waals surface area (Å²) in [6.45, 7) is 1.48. The summed E-state index contributed by atoms with van der Waals surface area (Å²) < 4.78 is 51.8. The van der Waals surface area contributed by atoms with E-state index in [1.165, 1.54) is 6.92 Å². The summed E-state index contributed by atoms with van der Waals surface area (Å²) in [6, 6.07) is 0.446. The van der Waals surface area contributed by atoms with E-state index < -0.39 is 34.7 Å². The number of halogens is 4. The second kappa shape index (κ2) is 4.04. The van der Waals surface area contributed by atoms with E-state index in [2.05, 4.69) is 20.4 Å². The first-order valence-corrected chi connectivity index (χ1v) is 4.38. The Morgan fingerprint density at radius 2 is 1.41 bits per heavy atom. The first-order valence-electron chi connectivity index (χ1n) is 4.38. The normalized spacial score (nSPS) is 10.6. The SMILES string of the molecule is Cc1nnc(-c2cc(F)c(F)c(F)c2F)nn1. The molecule has 0 unspecified atom stereocenters. The summed E-state index contributed by atoms with van der Waals surface area (Å²) in [4.78, 5) is 0. The van der Waals surface area contributed by atoms with Gasteiger partial charge in [0.25, 0.3) is 0 Å². The van der Waals surface area contributed by atoms with Gasteiger partial charge < -0.3 is 0 Å². The number of nitrogens with zero attached hydrogens (tertiary/aromatic N) is 4. The molecule has 17 heavy (non-hydrogen) atoms. The molecule has 0 radical (unpaired) electrons. The zero-order chi connectivity index (χ0) is 12.6. The number of hydrogen-bond acceptors (Lipinski definition) is 4. The lowest BCUT2D eigenvalue weighted by Crippen LogP contribution is -2.04. The maximum atomic E-state index is 13.3. The number of aromatic nitrogens is 4. The Kier molecular flexibility index (Phi) is 2.70. The number of rotatable bonds is 1. The number of hydrogen-bond donors (Lipinski definition) is 0. The second-order valence-corrected chi connectivity index (χ2v) is 3.12. The molecular formula is C9H4F4N4. The monoisotopic (exact) mass is 244 g/mol. The van der Waals surface area contributed by atoms with Gasteiger partial charge in [0, 0.05) is 0 Å². The molecule has 1 heterocycles. The third-order valence-corrected chi connectivity index (χ3v) is 1.92. The van der Waals surface area contributed by atoms with Crippen LogP contribution in [0.3, 0.4) is 0 Å². The Hall–Kier alpha value is -2.12. The Morgan fingerprint density at radius 1 is 0.824 bits per heavy atom. The van der Waals surface area contributed by atoms with Gasteiger partial charge in [-0.05, 0) is 13.0 Å². The quantitative estimate of drug-likeness (QED) is 0.436. The lowest BCUT2D eigenvalue weighted by Gasteiger charge is -2.03. The van der Waals surface area contributed by atoms with Crippen molar-refractivity contribution >= 4 is 0 Å². The van der Waals surface area contributed by atoms with Crippen molar-refractivity contribution in [1.82, 2.24) is 20.4 Å². The minimum atomic E-state index is -1.93. The highest BCUT2D eigenvalue weighted by Gasteiger charge is 2.21. The summed E-state index contributed by atoms with van der Waals surface area (Å²) in [5, 5.41) is 13.7. The molecule has 0 bridgehead atoms. The van der Waals surface area contributed by atoms with Gasteiger partial charge in [0.2, 0.25) is 5.82 Å². The minimum Gasteiger partial charge on any atom is -0.204 e. The molecule has 4 nitrogen and oxygen atoms in total. The van der Waals surface area contributed by atoms with Crippen LogP contribution in [0.15, 0.2) is 6.07 Å². The summed E-state index contributed by atoms with van der Waals surface area (Å²) in [5.74, 6) is -7.16. The first kappa shape index (κ1) is 11.4. The van der Waals surface area contributed by atoms with Gasteiger partial charge in [0.15, 0.2) is 29.1 Å². The lowest BCUT2D eigenvalue weighted by atomic mass is 10.2. The number of benzene rings is 1. The molecule has 1 aromatic carbocycles. The molecule has 0 aliphatic heterocycles. The van der Waals surface area contributed by atoms with Gasteiger partial charge in [-0.25, -0.2) is 17.6 Å². The van der Waals surface area contributed by atoms with Crippen molar-refractivity contribution < 1.29 is 17.6 Å². The third kappa shape index (κ3) is 1.93. The fourth-order valence-corrected chi connectivity index (χ4v) is 1.12. The summed E-state index contributed by atoms with van der Waals surface area (Å²) >= 11 is 0. The van der Waals surface area contributed by atoms with Crippen LogP contribution in [0, 0.1) is 30.2 Å². The summed E-state index contributed by atoms with van der Waals surface area (Å²) in [7, 11) is 0. The van der Waals surface area contributed by atoms with Gasteiger partial charge in [-0.2, -0.15) is 0 Å². The van der Waals surface area contributed by atoms with E-state index in [4.69, 9.17) is 0 Å². The maximum Gasteiger partial charge on any atom is 0.206 e. The molecule has 0 saturated carbocycles. The van der Waals surface area contributed by atoms with Gasteiger partial charge in [-0.15, -0.1) is 20.4 Å². The Bertz CT molecular complexity index is 570. The van der Waals surface area contributed by atoms with E-state index in [-0.39, 0.29) is 5.82 Å². The first-order chi connectivity index (χ1) is 8.00. The molecule has 0 aliphatic carbocycles. The van der Waals surface area contributed by atoms with Crippen molar-refractivity contribution in [2.24, 2.45) is 0 Å². The van der Waals surface area contributed by atoms with Crippen molar-refractivity contribution in [3.8, 4) is 11.4 Å². The Morgan fingerprint density at radius 3 is 2.00 bits per heavy atom. The van der Waals surface area contributed by atoms with Gasteiger partial charge in [0.05, 0.1) is 5.56 Å². The molecule has 0 saturated heterocycles. The smallest absolute Gasteiger partial charge is 0.204 e. The van der Waals surface area contributed by atoms with Crippen LogP contribution < -0.4 is 0 Å². The largest absolute Gasteiger partial charge is 0.206 e. The topological polar surface area (TPSA) is 51.6 Å². The zero-order valence-electron chi connectivity index (χ0n) is 8.38. The third-order valence-electron chi connectivity index (χ3n) is 1.92. The molecular weight excluding hydrogens is 240 g/mol. The van der Waals surface area contributed by atoms with Crippen LogP contribution in [0.25, 0.3) is 11.4 Å². The van der Waals surface area contributed by atoms with Crippen LogP contribution in [0.2, 0.25) is 0 Å². The standard InChI is InChI=1S/C9H4F4N4/c1-3-14-16-9(17-15-3)4-2-5(10)7(12)8(13)6(4)11/h2H,1H3. The molecule has 1 aromatic heterocycles. The van der Waals surface area contributed by atoms with E-state index in [0.29, 0.717) is 6.07 Å². The van der Waals surface area contributed by atoms with Gasteiger partial charge in [-0.3, -0.25) is 0 Å². The van der Waals surface area contributed by atoms with E-state index in [1.807, 2.05) is 0 Å². The van der Waals surface area contributed by atoms with Crippen molar-refractivity contribution in [3.63, 3.8) is 0 Å². The van der Waals surface area contributed by atoms with Crippen LogP contribution in [-0.4, -0.2) is 20.4 Å². The highest BCUT2D eigenvalue weighted by atomic mass is 19.2. The highest BCUT2D eigenvalue weighted by molar-refractivity contribution is 5.55. The second-order valence-electron chi connectivity index (χ2n) is 3.12. The van der Waals surface area contributed by atoms with Crippen LogP contribution in [-0.2, 0) is 0 Å². The highest BCUT2D eigenvalue weighted by Crippen LogP contribution is 2.24. The van der Waals surface area contributed by atoms with Gasteiger partial charge >= 0.3 is 0 Å². The minimum absolute atomic E-state index is 0.206. The van der Waals surface area contributed by atoms with Crippen LogP contribution in [0.4, 0.5) is 17.6 Å². The molecule has 0 aliphatic rings. The predicted molar refractivity (Wildman–Crippen MR) is 47.6 cm³/mol. The lowest BCUT2D eigenvalue weighted by molar-refractivity contribution is 0.410. The van der Waals surface area contributed by atoms with Crippen molar-refractivity contribution in [2.45, 2.75) is 6.92 Å². The van der Waals surface area contributed by atoms with Gasteiger partial charge in [-0.1, -0.05) is 0 Å². The van der Waals surface area contributed by atoms with Crippen LogP contribution >= 0.6 is 0 Å². The van der Waals surface area contributed by atoms with Crippen LogP contribution in [0.1, 0.15) is 5.82 Å². The summed E-state index contributed by atoms with van der Waals surface area (Å²) in [5.41, 5.74) is -0.638. The predicted octanol–water partition coefficient (Wildman–Crippen LogP) is 1.80. The van der Waals surface area contributed by atoms with E-state index >= 15 is 0 Å². The average Bonchev–Trinajstić information content (AvgIpc) is 2.32. The molecule has 0 fully saturated rings. The fourth-order valence-electron chi connectivity index (χ4n) is 1.12. The van der Waals surface area contributed by atoms with Gasteiger partial charge in [0.1, 0.15) is 0 Å². The molecule has 0 amide bonds. The molecule has 2 rings (SSSR count).